The van der Waals surface area contributed by atoms with Gasteiger partial charge < -0.3 is 25.3 Å². The monoisotopic (exact) mass is 629 g/mol. The maximum absolute atomic E-state index is 13.3. The van der Waals surface area contributed by atoms with E-state index in [1.54, 1.807) is 18.3 Å². The van der Waals surface area contributed by atoms with Crippen molar-refractivity contribution in [3.8, 4) is 0 Å². The molecule has 0 bridgehead atoms. The SMILES string of the molecule is CN=C(N1CCC2(CC1)CN(CC1CCN(c3ccc4c(c3)C(=O)N(C3CCC(=O)NC3=O)C4=O)CC1)C2)N1C=CN=C(N)C1C. The summed E-state index contributed by atoms with van der Waals surface area (Å²) >= 11 is 0. The number of aliphatic imine (C=N–C) groups is 2. The number of benzene rings is 1. The zero-order valence-corrected chi connectivity index (χ0v) is 26.7. The van der Waals surface area contributed by atoms with Crippen LogP contribution in [0.15, 0.2) is 40.6 Å². The van der Waals surface area contributed by atoms with Crippen molar-refractivity contribution in [1.82, 2.24) is 24.9 Å². The highest BCUT2D eigenvalue weighted by molar-refractivity contribution is 6.23. The molecule has 2 unspecified atom stereocenters. The van der Waals surface area contributed by atoms with Gasteiger partial charge in [0.05, 0.1) is 17.2 Å². The second kappa shape index (κ2) is 11.8. The fourth-order valence-corrected chi connectivity index (χ4v) is 8.15. The Morgan fingerprint density at radius 3 is 2.43 bits per heavy atom. The molecule has 6 heterocycles. The summed E-state index contributed by atoms with van der Waals surface area (Å²) < 4.78 is 0. The summed E-state index contributed by atoms with van der Waals surface area (Å²) in [5, 5.41) is 2.25. The molecule has 6 aliphatic heterocycles. The van der Waals surface area contributed by atoms with Crippen molar-refractivity contribution in [3.05, 3.63) is 41.7 Å². The molecule has 6 aliphatic rings. The second-order valence-corrected chi connectivity index (χ2v) is 13.7. The number of amides is 4. The number of anilines is 1. The first kappa shape index (κ1) is 30.4. The number of carbonyl (C=O) groups excluding carboxylic acids is 4. The molecule has 1 aromatic carbocycles. The minimum absolute atomic E-state index is 0.00468. The van der Waals surface area contributed by atoms with Gasteiger partial charge in [-0.1, -0.05) is 0 Å². The molecule has 7 rings (SSSR count). The van der Waals surface area contributed by atoms with Gasteiger partial charge in [0.1, 0.15) is 11.9 Å². The maximum Gasteiger partial charge on any atom is 0.262 e. The molecular weight excluding hydrogens is 586 g/mol. The van der Waals surface area contributed by atoms with Crippen LogP contribution in [0.1, 0.15) is 66.2 Å². The summed E-state index contributed by atoms with van der Waals surface area (Å²) in [5.41, 5.74) is 8.07. The number of carbonyl (C=O) groups is 4. The highest BCUT2D eigenvalue weighted by Crippen LogP contribution is 2.42. The molecule has 1 aromatic rings. The maximum atomic E-state index is 13.3. The van der Waals surface area contributed by atoms with Gasteiger partial charge in [0.2, 0.25) is 17.8 Å². The van der Waals surface area contributed by atoms with E-state index in [4.69, 9.17) is 5.73 Å². The van der Waals surface area contributed by atoms with E-state index >= 15 is 0 Å². The average Bonchev–Trinajstić information content (AvgIpc) is 3.28. The van der Waals surface area contributed by atoms with E-state index in [9.17, 15) is 19.2 Å². The van der Waals surface area contributed by atoms with Crippen molar-refractivity contribution in [2.24, 2.45) is 27.1 Å². The summed E-state index contributed by atoms with van der Waals surface area (Å²) in [6.45, 7) is 9.27. The van der Waals surface area contributed by atoms with E-state index in [0.29, 0.717) is 28.3 Å². The summed E-state index contributed by atoms with van der Waals surface area (Å²) in [6, 6.07) is 4.46. The number of fused-ring (bicyclic) bond motifs is 1. The van der Waals surface area contributed by atoms with Gasteiger partial charge in [0, 0.05) is 77.4 Å². The number of guanidine groups is 1. The number of hydrogen-bond acceptors (Lipinski definition) is 9. The van der Waals surface area contributed by atoms with Gasteiger partial charge in [-0.25, -0.2) is 4.99 Å². The smallest absolute Gasteiger partial charge is 0.262 e. The first-order chi connectivity index (χ1) is 22.2. The number of nitrogens with one attached hydrogen (secondary N) is 1. The van der Waals surface area contributed by atoms with Crippen LogP contribution in [0.3, 0.4) is 0 Å². The van der Waals surface area contributed by atoms with Gasteiger partial charge in [0.25, 0.3) is 11.8 Å². The average molecular weight is 630 g/mol. The minimum atomic E-state index is -0.948. The fourth-order valence-electron chi connectivity index (χ4n) is 8.15. The number of imide groups is 2. The van der Waals surface area contributed by atoms with Gasteiger partial charge >= 0.3 is 0 Å². The van der Waals surface area contributed by atoms with Gasteiger partial charge in [-0.2, -0.15) is 0 Å². The number of rotatable bonds is 4. The molecule has 46 heavy (non-hydrogen) atoms. The Bertz CT molecular complexity index is 1530. The second-order valence-electron chi connectivity index (χ2n) is 13.7. The van der Waals surface area contributed by atoms with Crippen molar-refractivity contribution in [2.45, 2.75) is 57.5 Å². The zero-order chi connectivity index (χ0) is 32.2. The van der Waals surface area contributed by atoms with Gasteiger partial charge in [0.15, 0.2) is 0 Å². The molecule has 0 radical (unpaired) electrons. The standard InChI is InChI=1S/C33H43N9O4/c1-21-28(34)36-11-16-41(21)32(35-2)40-14-9-33(10-15-40)19-38(20-33)18-22-7-12-39(13-8-22)23-3-4-24-25(17-23)31(46)42(30(24)45)26-5-6-27(43)37-29(26)44/h3-4,11,16-17,21-22,26H,5-10,12-15,18-20H2,1-2H3,(H2,34,36)(H,37,43,44). The van der Waals surface area contributed by atoms with Crippen molar-refractivity contribution >= 4 is 41.1 Å². The molecule has 4 saturated heterocycles. The number of piperidine rings is 3. The third kappa shape index (κ3) is 5.33. The number of likely N-dealkylation sites (tertiary alicyclic amines) is 2. The van der Waals surface area contributed by atoms with E-state index in [-0.39, 0.29) is 24.8 Å². The molecule has 13 nitrogen and oxygen atoms in total. The first-order valence-corrected chi connectivity index (χ1v) is 16.5. The molecule has 13 heteroatoms. The predicted molar refractivity (Wildman–Crippen MR) is 173 cm³/mol. The largest absolute Gasteiger partial charge is 0.385 e. The van der Waals surface area contributed by atoms with Crippen LogP contribution in [0.2, 0.25) is 0 Å². The normalized spacial score (nSPS) is 27.3. The highest BCUT2D eigenvalue weighted by atomic mass is 16.2. The Morgan fingerprint density at radius 2 is 1.74 bits per heavy atom. The topological polar surface area (TPSA) is 147 Å². The number of amidine groups is 1. The third-order valence-electron chi connectivity index (χ3n) is 10.9. The molecule has 4 amide bonds. The number of nitrogens with zero attached hydrogens (tertiary/aromatic N) is 7. The fraction of sp³-hybridized carbons (Fsp3) is 0.576. The zero-order valence-electron chi connectivity index (χ0n) is 26.7. The molecule has 1 spiro atoms. The van der Waals surface area contributed by atoms with Crippen molar-refractivity contribution in [3.63, 3.8) is 0 Å². The summed E-state index contributed by atoms with van der Waals surface area (Å²) in [7, 11) is 1.85. The molecule has 3 N–H and O–H groups in total. The van der Waals surface area contributed by atoms with E-state index in [1.807, 2.05) is 19.3 Å². The molecule has 0 saturated carbocycles. The van der Waals surface area contributed by atoms with Crippen LogP contribution in [0.25, 0.3) is 0 Å². The Balaban J connectivity index is 0.884. The quantitative estimate of drug-likeness (QED) is 0.285. The summed E-state index contributed by atoms with van der Waals surface area (Å²) in [4.78, 5) is 69.6. The molecule has 244 valence electrons. The van der Waals surface area contributed by atoms with E-state index in [0.717, 1.165) is 88.0 Å². The Hall–Kier alpha value is -4.26. The molecule has 0 aromatic heterocycles. The van der Waals surface area contributed by atoms with Crippen molar-refractivity contribution in [2.75, 3.05) is 57.8 Å². The Morgan fingerprint density at radius 1 is 1.02 bits per heavy atom. The lowest BCUT2D eigenvalue weighted by atomic mass is 9.71. The lowest BCUT2D eigenvalue weighted by Crippen LogP contribution is -2.62. The van der Waals surface area contributed by atoms with Gasteiger partial charge in [-0.3, -0.25) is 34.4 Å². The van der Waals surface area contributed by atoms with Crippen molar-refractivity contribution < 1.29 is 19.2 Å². The first-order valence-electron chi connectivity index (χ1n) is 16.5. The lowest BCUT2D eigenvalue weighted by Gasteiger charge is -2.55. The summed E-state index contributed by atoms with van der Waals surface area (Å²) in [5.74, 6) is 0.309. The van der Waals surface area contributed by atoms with E-state index in [2.05, 4.69) is 41.8 Å². The Kier molecular flexibility index (Phi) is 7.82. The lowest BCUT2D eigenvalue weighted by molar-refractivity contribution is -0.136. The summed E-state index contributed by atoms with van der Waals surface area (Å²) in [6.07, 6.45) is 8.46. The number of nitrogens with two attached hydrogens (primary N) is 1. The van der Waals surface area contributed by atoms with E-state index < -0.39 is 23.8 Å². The van der Waals surface area contributed by atoms with Crippen LogP contribution in [-0.2, 0) is 9.59 Å². The van der Waals surface area contributed by atoms with Gasteiger partial charge in [-0.05, 0) is 68.6 Å². The van der Waals surface area contributed by atoms with Crippen LogP contribution in [0.5, 0.6) is 0 Å². The predicted octanol–water partition coefficient (Wildman–Crippen LogP) is 1.22. The van der Waals surface area contributed by atoms with Crippen LogP contribution in [-0.4, -0.2) is 120 Å². The van der Waals surface area contributed by atoms with Crippen LogP contribution >= 0.6 is 0 Å². The molecule has 2 atom stereocenters. The highest BCUT2D eigenvalue weighted by Gasteiger charge is 2.47. The van der Waals surface area contributed by atoms with Crippen LogP contribution in [0, 0.1) is 11.3 Å². The van der Waals surface area contributed by atoms with Crippen LogP contribution < -0.4 is 16.0 Å². The van der Waals surface area contributed by atoms with Crippen molar-refractivity contribution in [1.29, 1.82) is 0 Å². The number of hydrogen-bond donors (Lipinski definition) is 2. The molecule has 0 aliphatic carbocycles. The van der Waals surface area contributed by atoms with E-state index in [1.165, 1.54) is 0 Å². The van der Waals surface area contributed by atoms with Crippen LogP contribution in [0.4, 0.5) is 5.69 Å². The Labute approximate surface area is 269 Å². The third-order valence-corrected chi connectivity index (χ3v) is 10.9. The molecule has 4 fully saturated rings. The molecular formula is C33H43N9O4. The van der Waals surface area contributed by atoms with Gasteiger partial charge in [-0.15, -0.1) is 0 Å². The minimum Gasteiger partial charge on any atom is -0.385 e.